The van der Waals surface area contributed by atoms with Gasteiger partial charge in [-0.25, -0.2) is 0 Å². The van der Waals surface area contributed by atoms with Crippen LogP contribution in [0.2, 0.25) is 0 Å². The van der Waals surface area contributed by atoms with Crippen LogP contribution >= 0.6 is 0 Å². The van der Waals surface area contributed by atoms with Gasteiger partial charge in [-0.1, -0.05) is 6.92 Å². The molecule has 0 aliphatic rings. The van der Waals surface area contributed by atoms with Crippen LogP contribution in [0.3, 0.4) is 0 Å². The highest BCUT2D eigenvalue weighted by atomic mass is 19.4. The molecule has 0 aliphatic heterocycles. The Morgan fingerprint density at radius 2 is 1.96 bits per heavy atom. The number of rotatable bonds is 5. The maximum atomic E-state index is 13.0. The Morgan fingerprint density at radius 1 is 1.31 bits per heavy atom. The average Bonchev–Trinajstić information content (AvgIpc) is 2.79. The SMILES string of the molecule is Cc1nn(C)c(C)c1CC(C)C(=O)Nc1cc(CN)cc(C(F)(F)F)c1. The van der Waals surface area contributed by atoms with E-state index in [0.717, 1.165) is 29.1 Å². The maximum absolute atomic E-state index is 13.0. The molecule has 0 fully saturated rings. The van der Waals surface area contributed by atoms with E-state index in [1.165, 1.54) is 6.07 Å². The van der Waals surface area contributed by atoms with Crippen molar-refractivity contribution in [1.82, 2.24) is 9.78 Å². The molecule has 8 heteroatoms. The number of alkyl halides is 3. The van der Waals surface area contributed by atoms with Crippen molar-refractivity contribution in [3.63, 3.8) is 0 Å². The smallest absolute Gasteiger partial charge is 0.326 e. The summed E-state index contributed by atoms with van der Waals surface area (Å²) in [5.41, 5.74) is 7.82. The van der Waals surface area contributed by atoms with Gasteiger partial charge in [0, 0.05) is 30.9 Å². The van der Waals surface area contributed by atoms with Crippen LogP contribution in [0.1, 0.15) is 35.0 Å². The molecule has 142 valence electrons. The summed E-state index contributed by atoms with van der Waals surface area (Å²) in [5.74, 6) is -0.776. The van der Waals surface area contributed by atoms with Gasteiger partial charge in [0.15, 0.2) is 0 Å². The predicted molar refractivity (Wildman–Crippen MR) is 93.5 cm³/mol. The normalized spacial score (nSPS) is 12.9. The lowest BCUT2D eigenvalue weighted by Crippen LogP contribution is -2.23. The summed E-state index contributed by atoms with van der Waals surface area (Å²) in [4.78, 5) is 12.5. The zero-order chi connectivity index (χ0) is 19.6. The van der Waals surface area contributed by atoms with Gasteiger partial charge in [-0.15, -0.1) is 0 Å². The van der Waals surface area contributed by atoms with Crippen molar-refractivity contribution >= 4 is 11.6 Å². The molecule has 3 N–H and O–H groups in total. The van der Waals surface area contributed by atoms with Crippen LogP contribution in [0, 0.1) is 19.8 Å². The Balaban J connectivity index is 2.18. The van der Waals surface area contributed by atoms with Gasteiger partial charge >= 0.3 is 6.18 Å². The monoisotopic (exact) mass is 368 g/mol. The average molecular weight is 368 g/mol. The number of carbonyl (C=O) groups is 1. The Bertz CT molecular complexity index is 811. The second-order valence-corrected chi connectivity index (χ2v) is 6.49. The van der Waals surface area contributed by atoms with Crippen molar-refractivity contribution in [3.8, 4) is 0 Å². The van der Waals surface area contributed by atoms with Crippen LogP contribution in [0.15, 0.2) is 18.2 Å². The summed E-state index contributed by atoms with van der Waals surface area (Å²) >= 11 is 0. The number of aromatic nitrogens is 2. The lowest BCUT2D eigenvalue weighted by Gasteiger charge is -2.15. The quantitative estimate of drug-likeness (QED) is 0.850. The summed E-state index contributed by atoms with van der Waals surface area (Å²) < 4.78 is 40.7. The first-order chi connectivity index (χ1) is 12.0. The number of benzene rings is 1. The van der Waals surface area contributed by atoms with Crippen molar-refractivity contribution in [2.75, 3.05) is 5.32 Å². The number of anilines is 1. The fourth-order valence-corrected chi connectivity index (χ4v) is 2.82. The van der Waals surface area contributed by atoms with Crippen molar-refractivity contribution in [2.24, 2.45) is 18.7 Å². The second-order valence-electron chi connectivity index (χ2n) is 6.49. The standard InChI is InChI=1S/C18H23F3N4O/c1-10(5-16-11(2)24-25(4)12(16)3)17(26)23-15-7-13(9-22)6-14(8-15)18(19,20)21/h6-8,10H,5,9,22H2,1-4H3,(H,23,26). The van der Waals surface area contributed by atoms with E-state index in [4.69, 9.17) is 5.73 Å². The van der Waals surface area contributed by atoms with E-state index in [1.807, 2.05) is 20.9 Å². The molecule has 0 bridgehead atoms. The number of aryl methyl sites for hydroxylation is 2. The van der Waals surface area contributed by atoms with Gasteiger partial charge in [0.25, 0.3) is 0 Å². The second kappa shape index (κ2) is 7.49. The lowest BCUT2D eigenvalue weighted by atomic mass is 9.98. The summed E-state index contributed by atoms with van der Waals surface area (Å²) in [6, 6.07) is 3.37. The number of hydrogen-bond acceptors (Lipinski definition) is 3. The molecule has 0 spiro atoms. The minimum Gasteiger partial charge on any atom is -0.326 e. The topological polar surface area (TPSA) is 72.9 Å². The van der Waals surface area contributed by atoms with Crippen LogP contribution in [0.4, 0.5) is 18.9 Å². The first kappa shape index (κ1) is 20.0. The third-order valence-corrected chi connectivity index (χ3v) is 4.44. The minimum absolute atomic E-state index is 0.0452. The van der Waals surface area contributed by atoms with Crippen LogP contribution in [-0.4, -0.2) is 15.7 Å². The van der Waals surface area contributed by atoms with Crippen LogP contribution in [0.25, 0.3) is 0 Å². The third-order valence-electron chi connectivity index (χ3n) is 4.44. The molecule has 0 radical (unpaired) electrons. The molecular weight excluding hydrogens is 345 g/mol. The van der Waals surface area contributed by atoms with Gasteiger partial charge in [-0.2, -0.15) is 18.3 Å². The molecule has 5 nitrogen and oxygen atoms in total. The van der Waals surface area contributed by atoms with Gasteiger partial charge in [0.05, 0.1) is 11.3 Å². The first-order valence-electron chi connectivity index (χ1n) is 8.24. The van der Waals surface area contributed by atoms with E-state index >= 15 is 0 Å². The van der Waals surface area contributed by atoms with E-state index in [9.17, 15) is 18.0 Å². The van der Waals surface area contributed by atoms with Crippen molar-refractivity contribution < 1.29 is 18.0 Å². The maximum Gasteiger partial charge on any atom is 0.416 e. The zero-order valence-electron chi connectivity index (χ0n) is 15.2. The fraction of sp³-hybridized carbons (Fsp3) is 0.444. The number of nitrogens with zero attached hydrogens (tertiary/aromatic N) is 2. The predicted octanol–water partition coefficient (Wildman–Crippen LogP) is 3.33. The first-order valence-corrected chi connectivity index (χ1v) is 8.24. The highest BCUT2D eigenvalue weighted by Crippen LogP contribution is 2.32. The summed E-state index contributed by atoms with van der Waals surface area (Å²) in [5, 5.41) is 6.89. The molecule has 26 heavy (non-hydrogen) atoms. The van der Waals surface area contributed by atoms with Crippen molar-refractivity contribution in [1.29, 1.82) is 0 Å². The molecular formula is C18H23F3N4O. The van der Waals surface area contributed by atoms with Crippen molar-refractivity contribution in [3.05, 3.63) is 46.3 Å². The Kier molecular flexibility index (Phi) is 5.75. The number of halogens is 3. The molecule has 1 unspecified atom stereocenters. The van der Waals surface area contributed by atoms with Gasteiger partial charge < -0.3 is 11.1 Å². The zero-order valence-corrected chi connectivity index (χ0v) is 15.2. The van der Waals surface area contributed by atoms with Crippen LogP contribution in [-0.2, 0) is 31.0 Å². The van der Waals surface area contributed by atoms with Gasteiger partial charge in [0.2, 0.25) is 5.91 Å². The molecule has 1 amide bonds. The molecule has 1 heterocycles. The molecule has 0 saturated carbocycles. The largest absolute Gasteiger partial charge is 0.416 e. The number of carbonyl (C=O) groups excluding carboxylic acids is 1. The lowest BCUT2D eigenvalue weighted by molar-refractivity contribution is -0.137. The van der Waals surface area contributed by atoms with Crippen LogP contribution < -0.4 is 11.1 Å². The highest BCUT2D eigenvalue weighted by molar-refractivity contribution is 5.92. The van der Waals surface area contributed by atoms with Crippen LogP contribution in [0.5, 0.6) is 0 Å². The number of hydrogen-bond donors (Lipinski definition) is 2. The Morgan fingerprint density at radius 3 is 2.46 bits per heavy atom. The summed E-state index contributed by atoms with van der Waals surface area (Å²) in [6.45, 7) is 5.47. The molecule has 2 aromatic rings. The molecule has 1 atom stereocenters. The van der Waals surface area contributed by atoms with Gasteiger partial charge in [-0.05, 0) is 49.6 Å². The molecule has 0 saturated heterocycles. The van der Waals surface area contributed by atoms with E-state index in [2.05, 4.69) is 10.4 Å². The number of nitrogens with two attached hydrogens (primary N) is 1. The van der Waals surface area contributed by atoms with E-state index in [-0.39, 0.29) is 18.1 Å². The number of nitrogens with one attached hydrogen (secondary N) is 1. The van der Waals surface area contributed by atoms with E-state index in [1.54, 1.807) is 11.6 Å². The minimum atomic E-state index is -4.50. The third kappa shape index (κ3) is 4.43. The molecule has 0 aliphatic carbocycles. The molecule has 1 aromatic heterocycles. The highest BCUT2D eigenvalue weighted by Gasteiger charge is 2.31. The fourth-order valence-electron chi connectivity index (χ4n) is 2.82. The van der Waals surface area contributed by atoms with E-state index in [0.29, 0.717) is 12.0 Å². The van der Waals surface area contributed by atoms with E-state index < -0.39 is 17.7 Å². The van der Waals surface area contributed by atoms with Gasteiger partial charge in [-0.3, -0.25) is 9.48 Å². The Hall–Kier alpha value is -2.35. The Labute approximate surface area is 150 Å². The summed E-state index contributed by atoms with van der Waals surface area (Å²) in [7, 11) is 1.83. The molecule has 1 aromatic carbocycles. The summed E-state index contributed by atoms with van der Waals surface area (Å²) in [6.07, 6.45) is -4.04. The number of amides is 1. The van der Waals surface area contributed by atoms with Gasteiger partial charge in [0.1, 0.15) is 0 Å². The molecule has 2 rings (SSSR count). The van der Waals surface area contributed by atoms with Crippen molar-refractivity contribution in [2.45, 2.75) is 39.9 Å².